The first-order valence-corrected chi connectivity index (χ1v) is 8.90. The molecule has 2 aromatic heterocycles. The Balaban J connectivity index is 1.40. The molecule has 7 nitrogen and oxygen atoms in total. The summed E-state index contributed by atoms with van der Waals surface area (Å²) in [4.78, 5) is 25.7. The minimum Gasteiger partial charge on any atom is -0.495 e. The van der Waals surface area contributed by atoms with Crippen molar-refractivity contribution in [2.24, 2.45) is 11.1 Å². The van der Waals surface area contributed by atoms with Crippen LogP contribution in [-0.2, 0) is 16.2 Å². The van der Waals surface area contributed by atoms with Crippen LogP contribution in [0.3, 0.4) is 0 Å². The number of oxime groups is 1. The van der Waals surface area contributed by atoms with Crippen molar-refractivity contribution in [2.45, 2.75) is 12.6 Å². The van der Waals surface area contributed by atoms with Crippen molar-refractivity contribution in [3.63, 3.8) is 0 Å². The molecule has 8 heteroatoms. The van der Waals surface area contributed by atoms with E-state index in [0.29, 0.717) is 17.1 Å². The molecule has 1 amide bonds. The van der Waals surface area contributed by atoms with Gasteiger partial charge in [-0.1, -0.05) is 11.2 Å². The van der Waals surface area contributed by atoms with E-state index < -0.39 is 0 Å². The number of nitrogens with one attached hydrogen (secondary N) is 1. The second-order valence-corrected chi connectivity index (χ2v) is 7.10. The molecule has 0 bridgehead atoms. The molecule has 0 aromatic carbocycles. The molecule has 4 rings (SSSR count). The minimum atomic E-state index is -0.250. The predicted molar refractivity (Wildman–Crippen MR) is 94.8 cm³/mol. The van der Waals surface area contributed by atoms with Gasteiger partial charge in [0.25, 0.3) is 5.91 Å². The summed E-state index contributed by atoms with van der Waals surface area (Å²) in [7, 11) is 1.56. The smallest absolute Gasteiger partial charge is 0.273 e. The Labute approximate surface area is 149 Å². The fraction of sp³-hybridized carbons (Fsp3) is 0.353. The minimum absolute atomic E-state index is 0.00136. The Hall–Kier alpha value is -2.45. The number of likely N-dealkylation sites (tertiary alicyclic amines) is 1. The monoisotopic (exact) mass is 358 g/mol. The molecule has 1 fully saturated rings. The molecule has 2 aromatic rings. The lowest BCUT2D eigenvalue weighted by molar-refractivity contribution is -0.110. The van der Waals surface area contributed by atoms with E-state index in [1.54, 1.807) is 36.9 Å². The highest BCUT2D eigenvalue weighted by atomic mass is 32.1. The fourth-order valence-corrected chi connectivity index (χ4v) is 3.92. The van der Waals surface area contributed by atoms with Crippen molar-refractivity contribution in [3.8, 4) is 5.75 Å². The van der Waals surface area contributed by atoms with Gasteiger partial charge in [0, 0.05) is 30.6 Å². The first-order chi connectivity index (χ1) is 12.2. The number of fused-ring (bicyclic) bond motifs is 1. The molecule has 0 saturated carbocycles. The number of nitrogens with zero attached hydrogens (tertiary/aromatic N) is 3. The lowest BCUT2D eigenvalue weighted by Crippen LogP contribution is -2.32. The number of hydrogen-bond acceptors (Lipinski definition) is 7. The molecule has 2 atom stereocenters. The van der Waals surface area contributed by atoms with Gasteiger partial charge in [-0.3, -0.25) is 14.7 Å². The lowest BCUT2D eigenvalue weighted by Gasteiger charge is -2.14. The summed E-state index contributed by atoms with van der Waals surface area (Å²) in [5.74, 6) is 0.335. The van der Waals surface area contributed by atoms with Crippen molar-refractivity contribution < 1.29 is 14.4 Å². The number of anilines is 1. The zero-order valence-electron chi connectivity index (χ0n) is 13.7. The van der Waals surface area contributed by atoms with E-state index in [0.717, 1.165) is 19.6 Å². The molecule has 0 radical (unpaired) electrons. The van der Waals surface area contributed by atoms with Crippen LogP contribution in [0.15, 0.2) is 41.1 Å². The quantitative estimate of drug-likeness (QED) is 0.884. The summed E-state index contributed by atoms with van der Waals surface area (Å²) in [6, 6.07) is 5.89. The molecule has 0 unspecified atom stereocenters. The van der Waals surface area contributed by atoms with Gasteiger partial charge in [-0.15, -0.1) is 11.3 Å². The zero-order chi connectivity index (χ0) is 17.2. The van der Waals surface area contributed by atoms with Crippen molar-refractivity contribution in [1.82, 2.24) is 9.88 Å². The third-order valence-corrected chi connectivity index (χ3v) is 5.24. The summed E-state index contributed by atoms with van der Waals surface area (Å²) in [5, 5.41) is 8.92. The first kappa shape index (κ1) is 16.0. The Morgan fingerprint density at radius 3 is 3.20 bits per heavy atom. The molecule has 25 heavy (non-hydrogen) atoms. The van der Waals surface area contributed by atoms with E-state index >= 15 is 0 Å². The van der Waals surface area contributed by atoms with Gasteiger partial charge in [0.1, 0.15) is 11.9 Å². The van der Waals surface area contributed by atoms with Crippen molar-refractivity contribution >= 4 is 28.6 Å². The number of amides is 1. The Morgan fingerprint density at radius 1 is 1.48 bits per heavy atom. The third kappa shape index (κ3) is 3.35. The molecule has 130 valence electrons. The topological polar surface area (TPSA) is 76.0 Å². The summed E-state index contributed by atoms with van der Waals surface area (Å²) >= 11 is 1.74. The molecule has 1 N–H and O–H groups in total. The number of rotatable bonds is 5. The molecular weight excluding hydrogens is 340 g/mol. The molecule has 2 aliphatic heterocycles. The first-order valence-electron chi connectivity index (χ1n) is 8.02. The highest BCUT2D eigenvalue weighted by Crippen LogP contribution is 2.29. The number of hydrogen-bond donors (Lipinski definition) is 1. The average Bonchev–Trinajstić information content (AvgIpc) is 3.32. The molecule has 1 saturated heterocycles. The number of ether oxygens (including phenoxy) is 1. The van der Waals surface area contributed by atoms with E-state index in [9.17, 15) is 4.79 Å². The maximum Gasteiger partial charge on any atom is 0.273 e. The molecule has 0 spiro atoms. The highest BCUT2D eigenvalue weighted by molar-refractivity contribution is 7.09. The molecule has 2 aliphatic rings. The SMILES string of the molecule is COc1cncc(NC(=O)C2=NO[C@@H]3CN(Cc4cccs4)C[C@H]23)c1. The van der Waals surface area contributed by atoms with Gasteiger partial charge in [-0.25, -0.2) is 0 Å². The maximum atomic E-state index is 12.6. The highest BCUT2D eigenvalue weighted by Gasteiger charge is 2.44. The van der Waals surface area contributed by atoms with Gasteiger partial charge in [-0.05, 0) is 11.4 Å². The van der Waals surface area contributed by atoms with Gasteiger partial charge in [-0.2, -0.15) is 0 Å². The number of carbonyl (C=O) groups is 1. The molecular formula is C17H18N4O3S. The van der Waals surface area contributed by atoms with Crippen LogP contribution in [-0.4, -0.2) is 47.8 Å². The summed E-state index contributed by atoms with van der Waals surface area (Å²) < 4.78 is 5.12. The molecule has 0 aliphatic carbocycles. The predicted octanol–water partition coefficient (Wildman–Crippen LogP) is 1.98. The summed E-state index contributed by atoms with van der Waals surface area (Å²) in [6.45, 7) is 2.43. The summed E-state index contributed by atoms with van der Waals surface area (Å²) in [6.07, 6.45) is 3.11. The number of carbonyl (C=O) groups excluding carboxylic acids is 1. The number of pyridine rings is 1. The van der Waals surface area contributed by atoms with Crippen molar-refractivity contribution in [3.05, 3.63) is 40.8 Å². The van der Waals surface area contributed by atoms with E-state index in [1.807, 2.05) is 0 Å². The van der Waals surface area contributed by atoms with Gasteiger partial charge in [0.2, 0.25) is 0 Å². The van der Waals surface area contributed by atoms with Crippen LogP contribution >= 0.6 is 11.3 Å². The number of methoxy groups -OCH3 is 1. The third-order valence-electron chi connectivity index (χ3n) is 4.38. The van der Waals surface area contributed by atoms with Crippen molar-refractivity contribution in [2.75, 3.05) is 25.5 Å². The zero-order valence-corrected chi connectivity index (χ0v) is 14.5. The number of thiophene rings is 1. The van der Waals surface area contributed by atoms with Crippen LogP contribution in [0.1, 0.15) is 4.88 Å². The standard InChI is InChI=1S/C17H18N4O3S/c1-23-12-5-11(6-18-7-12)19-17(22)16-14-9-21(10-15(14)24-20-16)8-13-3-2-4-25-13/h2-7,14-15H,8-10H2,1H3,(H,19,22)/t14-,15+/m0/s1. The van der Waals surface area contributed by atoms with E-state index in [-0.39, 0.29) is 17.9 Å². The van der Waals surface area contributed by atoms with Gasteiger partial charge in [0.15, 0.2) is 5.71 Å². The Bertz CT molecular complexity index is 793. The van der Waals surface area contributed by atoms with Crippen LogP contribution in [0.2, 0.25) is 0 Å². The van der Waals surface area contributed by atoms with Gasteiger partial charge < -0.3 is 14.9 Å². The average molecular weight is 358 g/mol. The fourth-order valence-electron chi connectivity index (χ4n) is 3.17. The van der Waals surface area contributed by atoms with E-state index in [2.05, 4.69) is 37.9 Å². The van der Waals surface area contributed by atoms with Gasteiger partial charge >= 0.3 is 0 Å². The van der Waals surface area contributed by atoms with Crippen LogP contribution in [0.4, 0.5) is 5.69 Å². The second-order valence-electron chi connectivity index (χ2n) is 6.07. The van der Waals surface area contributed by atoms with Crippen LogP contribution in [0.5, 0.6) is 5.75 Å². The Morgan fingerprint density at radius 2 is 2.40 bits per heavy atom. The second kappa shape index (κ2) is 6.81. The van der Waals surface area contributed by atoms with E-state index in [1.165, 1.54) is 4.88 Å². The van der Waals surface area contributed by atoms with Crippen LogP contribution in [0, 0.1) is 5.92 Å². The lowest BCUT2D eigenvalue weighted by atomic mass is 10.0. The van der Waals surface area contributed by atoms with Crippen LogP contribution in [0.25, 0.3) is 0 Å². The largest absolute Gasteiger partial charge is 0.495 e. The Kier molecular flexibility index (Phi) is 4.37. The normalized spacial score (nSPS) is 22.2. The van der Waals surface area contributed by atoms with E-state index in [4.69, 9.17) is 9.57 Å². The van der Waals surface area contributed by atoms with Crippen LogP contribution < -0.4 is 10.1 Å². The molecule has 4 heterocycles. The summed E-state index contributed by atoms with van der Waals surface area (Å²) in [5.41, 5.74) is 1.02. The number of aromatic nitrogens is 1. The van der Waals surface area contributed by atoms with Crippen molar-refractivity contribution in [1.29, 1.82) is 0 Å². The van der Waals surface area contributed by atoms with Gasteiger partial charge in [0.05, 0.1) is 31.1 Å². The maximum absolute atomic E-state index is 12.6.